The summed E-state index contributed by atoms with van der Waals surface area (Å²) in [4.78, 5) is 28.3. The van der Waals surface area contributed by atoms with Crippen molar-refractivity contribution < 1.29 is 33.6 Å². The van der Waals surface area contributed by atoms with E-state index in [1.165, 1.54) is 19.1 Å². The molecule has 4 rings (SSSR count). The molecule has 8 nitrogen and oxygen atoms in total. The topological polar surface area (TPSA) is 94.5 Å². The Balaban J connectivity index is 1.85. The molecule has 1 unspecified atom stereocenters. The lowest BCUT2D eigenvalue weighted by molar-refractivity contribution is -0.140. The van der Waals surface area contributed by atoms with Crippen LogP contribution in [0.3, 0.4) is 0 Å². The third-order valence-electron chi connectivity index (χ3n) is 6.25. The first kappa shape index (κ1) is 26.6. The summed E-state index contributed by atoms with van der Waals surface area (Å²) in [5, 5.41) is 11.4. The Labute approximate surface area is 222 Å². The number of carbonyl (C=O) groups is 2. The number of nitrogens with zero attached hydrogens (tertiary/aromatic N) is 1. The number of Topliss-reactive ketones (excluding diaryl/α,β-unsaturated/α-hetero) is 1. The standard InChI is InChI=1S/C30H31NO7/c1-18(2)38-23-8-6-7-20(15-23)27-26(28(32)21-11-14-24(36-4)25(16-21)37-5)29(33)30(34)31(27)17-19-9-12-22(35-3)13-10-19/h6-16,18,27,32H,17H2,1-5H3/b28-26+. The highest BCUT2D eigenvalue weighted by molar-refractivity contribution is 6.46. The Bertz CT molecular complexity index is 1360. The van der Waals surface area contributed by atoms with E-state index >= 15 is 0 Å². The van der Waals surface area contributed by atoms with E-state index in [2.05, 4.69) is 0 Å². The Hall–Kier alpha value is -4.46. The van der Waals surface area contributed by atoms with Crippen molar-refractivity contribution in [2.45, 2.75) is 32.5 Å². The van der Waals surface area contributed by atoms with E-state index in [9.17, 15) is 14.7 Å². The van der Waals surface area contributed by atoms with Crippen molar-refractivity contribution in [3.05, 3.63) is 89.0 Å². The van der Waals surface area contributed by atoms with Gasteiger partial charge in [-0.3, -0.25) is 9.59 Å². The van der Waals surface area contributed by atoms with E-state index in [1.54, 1.807) is 49.6 Å². The largest absolute Gasteiger partial charge is 0.507 e. The molecular formula is C30H31NO7. The maximum Gasteiger partial charge on any atom is 0.295 e. The van der Waals surface area contributed by atoms with Crippen LogP contribution < -0.4 is 18.9 Å². The predicted molar refractivity (Wildman–Crippen MR) is 143 cm³/mol. The minimum Gasteiger partial charge on any atom is -0.507 e. The van der Waals surface area contributed by atoms with Crippen molar-refractivity contribution in [3.8, 4) is 23.0 Å². The number of hydrogen-bond acceptors (Lipinski definition) is 7. The van der Waals surface area contributed by atoms with Crippen LogP contribution in [0, 0.1) is 0 Å². The SMILES string of the molecule is COc1ccc(CN2C(=O)C(=O)/C(=C(/O)c3ccc(OC)c(OC)c3)C2c2cccc(OC(C)C)c2)cc1. The van der Waals surface area contributed by atoms with Crippen LogP contribution >= 0.6 is 0 Å². The smallest absolute Gasteiger partial charge is 0.295 e. The molecule has 0 aliphatic carbocycles. The average Bonchev–Trinajstić information content (AvgIpc) is 3.17. The number of benzene rings is 3. The summed E-state index contributed by atoms with van der Waals surface area (Å²) in [6.45, 7) is 3.98. The third-order valence-corrected chi connectivity index (χ3v) is 6.25. The van der Waals surface area contributed by atoms with Gasteiger partial charge in [0.05, 0.1) is 39.0 Å². The van der Waals surface area contributed by atoms with E-state index < -0.39 is 17.7 Å². The predicted octanol–water partition coefficient (Wildman–Crippen LogP) is 5.12. The molecular weight excluding hydrogens is 486 g/mol. The van der Waals surface area contributed by atoms with E-state index in [0.29, 0.717) is 34.1 Å². The summed E-state index contributed by atoms with van der Waals surface area (Å²) in [7, 11) is 4.57. The van der Waals surface area contributed by atoms with Gasteiger partial charge in [-0.25, -0.2) is 0 Å². The van der Waals surface area contributed by atoms with Crippen molar-refractivity contribution >= 4 is 17.4 Å². The first-order valence-corrected chi connectivity index (χ1v) is 12.2. The molecule has 1 aliphatic rings. The van der Waals surface area contributed by atoms with Gasteiger partial charge in [-0.15, -0.1) is 0 Å². The highest BCUT2D eigenvalue weighted by atomic mass is 16.5. The molecule has 0 aromatic heterocycles. The number of rotatable bonds is 9. The van der Waals surface area contributed by atoms with E-state index in [0.717, 1.165) is 5.56 Å². The zero-order chi connectivity index (χ0) is 27.4. The molecule has 1 aliphatic heterocycles. The molecule has 3 aromatic rings. The molecule has 1 atom stereocenters. The van der Waals surface area contributed by atoms with Crippen LogP contribution in [0.5, 0.6) is 23.0 Å². The van der Waals surface area contributed by atoms with Crippen molar-refractivity contribution in [1.82, 2.24) is 4.90 Å². The lowest BCUT2D eigenvalue weighted by atomic mass is 9.95. The number of carbonyl (C=O) groups excluding carboxylic acids is 2. The molecule has 8 heteroatoms. The van der Waals surface area contributed by atoms with Crippen LogP contribution in [0.15, 0.2) is 72.3 Å². The van der Waals surface area contributed by atoms with Gasteiger partial charge in [0.2, 0.25) is 0 Å². The lowest BCUT2D eigenvalue weighted by Crippen LogP contribution is -2.29. The van der Waals surface area contributed by atoms with E-state index in [4.69, 9.17) is 18.9 Å². The van der Waals surface area contributed by atoms with Gasteiger partial charge < -0.3 is 29.0 Å². The number of ether oxygens (including phenoxy) is 4. The summed E-state index contributed by atoms with van der Waals surface area (Å²) in [5.41, 5.74) is 1.75. The number of amides is 1. The third kappa shape index (κ3) is 5.29. The molecule has 0 saturated carbocycles. The van der Waals surface area contributed by atoms with Crippen molar-refractivity contribution in [2.75, 3.05) is 21.3 Å². The number of aliphatic hydroxyl groups excluding tert-OH is 1. The van der Waals surface area contributed by atoms with Crippen LogP contribution in [0.4, 0.5) is 0 Å². The Morgan fingerprint density at radius 1 is 0.868 bits per heavy atom. The molecule has 0 spiro atoms. The molecule has 3 aromatic carbocycles. The molecule has 1 amide bonds. The maximum absolute atomic E-state index is 13.4. The van der Waals surface area contributed by atoms with E-state index in [-0.39, 0.29) is 24.0 Å². The van der Waals surface area contributed by atoms with Crippen LogP contribution in [-0.4, -0.2) is 49.1 Å². The van der Waals surface area contributed by atoms with Crippen LogP contribution in [0.2, 0.25) is 0 Å². The molecule has 1 N–H and O–H groups in total. The number of ketones is 1. The highest BCUT2D eigenvalue weighted by Crippen LogP contribution is 2.42. The van der Waals surface area contributed by atoms with Gasteiger partial charge in [0.15, 0.2) is 11.5 Å². The number of aliphatic hydroxyl groups is 1. The lowest BCUT2D eigenvalue weighted by Gasteiger charge is -2.26. The molecule has 38 heavy (non-hydrogen) atoms. The Kier molecular flexibility index (Phi) is 7.90. The fraction of sp³-hybridized carbons (Fsp3) is 0.267. The first-order valence-electron chi connectivity index (χ1n) is 12.2. The molecule has 0 radical (unpaired) electrons. The number of hydrogen-bond donors (Lipinski definition) is 1. The van der Waals surface area contributed by atoms with Gasteiger partial charge >= 0.3 is 0 Å². The zero-order valence-corrected chi connectivity index (χ0v) is 22.1. The van der Waals surface area contributed by atoms with Crippen molar-refractivity contribution in [2.24, 2.45) is 0 Å². The number of methoxy groups -OCH3 is 3. The zero-order valence-electron chi connectivity index (χ0n) is 22.1. The van der Waals surface area contributed by atoms with Crippen LogP contribution in [-0.2, 0) is 16.1 Å². The monoisotopic (exact) mass is 517 g/mol. The second-order valence-corrected chi connectivity index (χ2v) is 9.08. The highest BCUT2D eigenvalue weighted by Gasteiger charge is 2.46. The second-order valence-electron chi connectivity index (χ2n) is 9.08. The first-order chi connectivity index (χ1) is 18.3. The summed E-state index contributed by atoms with van der Waals surface area (Å²) in [5.74, 6) is 0.348. The van der Waals surface area contributed by atoms with Crippen LogP contribution in [0.25, 0.3) is 5.76 Å². The van der Waals surface area contributed by atoms with Gasteiger partial charge in [0.25, 0.3) is 11.7 Å². The molecule has 1 saturated heterocycles. The molecule has 198 valence electrons. The Morgan fingerprint density at radius 2 is 1.58 bits per heavy atom. The summed E-state index contributed by atoms with van der Waals surface area (Å²) in [6.07, 6.45) is -0.0670. The van der Waals surface area contributed by atoms with Gasteiger partial charge in [-0.05, 0) is 67.4 Å². The summed E-state index contributed by atoms with van der Waals surface area (Å²) < 4.78 is 21.8. The minimum absolute atomic E-state index is 0.0163. The maximum atomic E-state index is 13.4. The average molecular weight is 518 g/mol. The van der Waals surface area contributed by atoms with Gasteiger partial charge in [0.1, 0.15) is 17.3 Å². The number of likely N-dealkylation sites (tertiary alicyclic amines) is 1. The van der Waals surface area contributed by atoms with Gasteiger partial charge in [-0.1, -0.05) is 24.3 Å². The fourth-order valence-electron chi connectivity index (χ4n) is 4.49. The van der Waals surface area contributed by atoms with E-state index in [1.807, 2.05) is 38.1 Å². The fourth-order valence-corrected chi connectivity index (χ4v) is 4.49. The summed E-state index contributed by atoms with van der Waals surface area (Å²) >= 11 is 0. The minimum atomic E-state index is -0.846. The van der Waals surface area contributed by atoms with Gasteiger partial charge in [-0.2, -0.15) is 0 Å². The van der Waals surface area contributed by atoms with Crippen molar-refractivity contribution in [3.63, 3.8) is 0 Å². The quantitative estimate of drug-likeness (QED) is 0.239. The van der Waals surface area contributed by atoms with Crippen molar-refractivity contribution in [1.29, 1.82) is 0 Å². The second kappa shape index (κ2) is 11.3. The molecule has 1 heterocycles. The normalized spacial score (nSPS) is 16.6. The van der Waals surface area contributed by atoms with Gasteiger partial charge in [0, 0.05) is 12.1 Å². The summed E-state index contributed by atoms with van der Waals surface area (Å²) in [6, 6.07) is 18.4. The molecule has 0 bridgehead atoms. The molecule has 1 fully saturated rings. The Morgan fingerprint density at radius 3 is 2.21 bits per heavy atom. The van der Waals surface area contributed by atoms with Crippen LogP contribution in [0.1, 0.15) is 36.6 Å².